The van der Waals surface area contributed by atoms with Crippen LogP contribution >= 0.6 is 11.5 Å². The first-order valence-corrected chi connectivity index (χ1v) is 8.49. The van der Waals surface area contributed by atoms with E-state index < -0.39 is 0 Å². The standard InChI is InChI=1S/C16H19FN4O2S/c1-11-15(24-19-18-11)16(22)21-7-5-20(6-8-21)10-12-9-13(17)3-4-14(12)23-2/h3-4,9H,5-8,10H2,1-2H3. The van der Waals surface area contributed by atoms with Crippen LogP contribution in [0, 0.1) is 12.7 Å². The van der Waals surface area contributed by atoms with Crippen LogP contribution in [0.5, 0.6) is 5.75 Å². The van der Waals surface area contributed by atoms with Gasteiger partial charge >= 0.3 is 0 Å². The van der Waals surface area contributed by atoms with E-state index in [1.165, 1.54) is 12.1 Å². The predicted molar refractivity (Wildman–Crippen MR) is 88.8 cm³/mol. The number of nitrogens with zero attached hydrogens (tertiary/aromatic N) is 4. The SMILES string of the molecule is COc1ccc(F)cc1CN1CCN(C(=O)c2snnc2C)CC1. The van der Waals surface area contributed by atoms with E-state index in [2.05, 4.69) is 14.5 Å². The van der Waals surface area contributed by atoms with Crippen molar-refractivity contribution in [3.63, 3.8) is 0 Å². The van der Waals surface area contributed by atoms with E-state index in [1.54, 1.807) is 20.1 Å². The van der Waals surface area contributed by atoms with E-state index in [9.17, 15) is 9.18 Å². The fourth-order valence-electron chi connectivity index (χ4n) is 2.79. The summed E-state index contributed by atoms with van der Waals surface area (Å²) in [6.07, 6.45) is 0. The Bertz CT molecular complexity index is 729. The van der Waals surface area contributed by atoms with E-state index in [1.807, 2.05) is 4.90 Å². The fourth-order valence-corrected chi connectivity index (χ4v) is 3.42. The van der Waals surface area contributed by atoms with Gasteiger partial charge in [0, 0.05) is 38.3 Å². The quantitative estimate of drug-likeness (QED) is 0.844. The Balaban J connectivity index is 1.61. The summed E-state index contributed by atoms with van der Waals surface area (Å²) in [7, 11) is 1.58. The highest BCUT2D eigenvalue weighted by Gasteiger charge is 2.25. The number of carbonyl (C=O) groups is 1. The van der Waals surface area contributed by atoms with Gasteiger partial charge in [-0.25, -0.2) is 4.39 Å². The predicted octanol–water partition coefficient (Wildman–Crippen LogP) is 1.95. The molecule has 2 heterocycles. The van der Waals surface area contributed by atoms with Crippen molar-refractivity contribution in [2.24, 2.45) is 0 Å². The number of methoxy groups -OCH3 is 1. The van der Waals surface area contributed by atoms with E-state index in [-0.39, 0.29) is 11.7 Å². The molecule has 128 valence electrons. The van der Waals surface area contributed by atoms with Gasteiger partial charge in [0.25, 0.3) is 5.91 Å². The Morgan fingerprint density at radius 3 is 2.71 bits per heavy atom. The second kappa shape index (κ2) is 7.23. The van der Waals surface area contributed by atoms with E-state index in [0.29, 0.717) is 36.0 Å². The van der Waals surface area contributed by atoms with Gasteiger partial charge in [-0.15, -0.1) is 5.10 Å². The molecule has 0 saturated carbocycles. The molecule has 0 N–H and O–H groups in total. The number of piperazine rings is 1. The van der Waals surface area contributed by atoms with Crippen molar-refractivity contribution in [2.45, 2.75) is 13.5 Å². The molecule has 0 aliphatic carbocycles. The Morgan fingerprint density at radius 1 is 1.33 bits per heavy atom. The van der Waals surface area contributed by atoms with Crippen molar-refractivity contribution in [1.29, 1.82) is 0 Å². The molecular formula is C16H19FN4O2S. The average molecular weight is 350 g/mol. The molecule has 0 unspecified atom stereocenters. The molecule has 1 aliphatic rings. The number of carbonyl (C=O) groups excluding carboxylic acids is 1. The van der Waals surface area contributed by atoms with Gasteiger partial charge in [-0.3, -0.25) is 9.69 Å². The molecule has 1 saturated heterocycles. The van der Waals surface area contributed by atoms with Crippen molar-refractivity contribution in [3.8, 4) is 5.75 Å². The molecule has 0 spiro atoms. The average Bonchev–Trinajstić information content (AvgIpc) is 3.01. The molecule has 0 atom stereocenters. The number of halogens is 1. The van der Waals surface area contributed by atoms with Crippen LogP contribution in [-0.4, -0.2) is 58.6 Å². The maximum Gasteiger partial charge on any atom is 0.267 e. The van der Waals surface area contributed by atoms with Crippen LogP contribution in [-0.2, 0) is 6.54 Å². The molecule has 2 aromatic rings. The minimum Gasteiger partial charge on any atom is -0.496 e. The molecule has 8 heteroatoms. The lowest BCUT2D eigenvalue weighted by atomic mass is 10.1. The largest absolute Gasteiger partial charge is 0.496 e. The number of hydrogen-bond donors (Lipinski definition) is 0. The summed E-state index contributed by atoms with van der Waals surface area (Å²) in [4.78, 5) is 17.1. The lowest BCUT2D eigenvalue weighted by molar-refractivity contribution is 0.0631. The van der Waals surface area contributed by atoms with Crippen molar-refractivity contribution in [3.05, 3.63) is 40.2 Å². The summed E-state index contributed by atoms with van der Waals surface area (Å²) in [6.45, 7) is 5.13. The van der Waals surface area contributed by atoms with Crippen molar-refractivity contribution in [1.82, 2.24) is 19.4 Å². The van der Waals surface area contributed by atoms with Crippen LogP contribution in [0.1, 0.15) is 20.9 Å². The minimum absolute atomic E-state index is 0.00881. The van der Waals surface area contributed by atoms with E-state index in [4.69, 9.17) is 4.74 Å². The van der Waals surface area contributed by atoms with Gasteiger partial charge in [0.1, 0.15) is 16.4 Å². The summed E-state index contributed by atoms with van der Waals surface area (Å²) in [5.41, 5.74) is 1.50. The minimum atomic E-state index is -0.271. The van der Waals surface area contributed by atoms with Gasteiger partial charge in [-0.1, -0.05) is 4.49 Å². The fraction of sp³-hybridized carbons (Fsp3) is 0.438. The summed E-state index contributed by atoms with van der Waals surface area (Å²) in [5.74, 6) is 0.402. The number of aryl methyl sites for hydroxylation is 1. The molecule has 0 bridgehead atoms. The highest BCUT2D eigenvalue weighted by molar-refractivity contribution is 7.07. The number of benzene rings is 1. The summed E-state index contributed by atoms with van der Waals surface area (Å²) in [6, 6.07) is 4.54. The Kier molecular flexibility index (Phi) is 5.06. The summed E-state index contributed by atoms with van der Waals surface area (Å²) >= 11 is 1.14. The highest BCUT2D eigenvalue weighted by Crippen LogP contribution is 2.22. The number of aromatic nitrogens is 2. The molecule has 1 aromatic carbocycles. The maximum atomic E-state index is 13.5. The summed E-state index contributed by atoms with van der Waals surface area (Å²) in [5, 5.41) is 3.89. The van der Waals surface area contributed by atoms with Crippen LogP contribution in [0.25, 0.3) is 0 Å². The first-order chi connectivity index (χ1) is 11.6. The summed E-state index contributed by atoms with van der Waals surface area (Å²) < 4.78 is 22.6. The topological polar surface area (TPSA) is 58.6 Å². The molecule has 1 amide bonds. The van der Waals surface area contributed by atoms with Gasteiger partial charge in [0.05, 0.1) is 12.8 Å². The third-order valence-electron chi connectivity index (χ3n) is 4.14. The Hall–Kier alpha value is -2.06. The lowest BCUT2D eigenvalue weighted by Crippen LogP contribution is -2.48. The van der Waals surface area contributed by atoms with Crippen LogP contribution in [0.4, 0.5) is 4.39 Å². The Labute approximate surface area is 144 Å². The zero-order valence-electron chi connectivity index (χ0n) is 13.7. The van der Waals surface area contributed by atoms with Crippen molar-refractivity contribution in [2.75, 3.05) is 33.3 Å². The van der Waals surface area contributed by atoms with Crippen LogP contribution in [0.2, 0.25) is 0 Å². The Morgan fingerprint density at radius 2 is 2.08 bits per heavy atom. The zero-order valence-corrected chi connectivity index (χ0v) is 14.5. The number of ether oxygens (including phenoxy) is 1. The molecule has 1 aromatic heterocycles. The maximum absolute atomic E-state index is 13.5. The van der Waals surface area contributed by atoms with E-state index in [0.717, 1.165) is 30.2 Å². The molecule has 0 radical (unpaired) electrons. The molecule has 1 aliphatic heterocycles. The third kappa shape index (κ3) is 3.54. The second-order valence-electron chi connectivity index (χ2n) is 5.71. The van der Waals surface area contributed by atoms with Gasteiger partial charge in [-0.05, 0) is 36.7 Å². The third-order valence-corrected chi connectivity index (χ3v) is 4.96. The molecule has 1 fully saturated rings. The smallest absolute Gasteiger partial charge is 0.267 e. The first-order valence-electron chi connectivity index (χ1n) is 7.71. The van der Waals surface area contributed by atoms with Crippen molar-refractivity contribution < 1.29 is 13.9 Å². The van der Waals surface area contributed by atoms with Gasteiger partial charge in [0.15, 0.2) is 0 Å². The zero-order chi connectivity index (χ0) is 17.1. The monoisotopic (exact) mass is 350 g/mol. The normalized spacial score (nSPS) is 15.5. The lowest BCUT2D eigenvalue weighted by Gasteiger charge is -2.34. The number of amides is 1. The van der Waals surface area contributed by atoms with Crippen LogP contribution < -0.4 is 4.74 Å². The number of rotatable bonds is 4. The second-order valence-corrected chi connectivity index (χ2v) is 6.47. The van der Waals surface area contributed by atoms with E-state index >= 15 is 0 Å². The molecule has 6 nitrogen and oxygen atoms in total. The molecular weight excluding hydrogens is 331 g/mol. The number of hydrogen-bond acceptors (Lipinski definition) is 6. The van der Waals surface area contributed by atoms with Gasteiger partial charge in [-0.2, -0.15) is 0 Å². The highest BCUT2D eigenvalue weighted by atomic mass is 32.1. The van der Waals surface area contributed by atoms with Gasteiger partial charge in [0.2, 0.25) is 0 Å². The van der Waals surface area contributed by atoms with Crippen molar-refractivity contribution >= 4 is 17.4 Å². The van der Waals surface area contributed by atoms with Crippen LogP contribution in [0.3, 0.4) is 0 Å². The molecule has 3 rings (SSSR count). The first kappa shape index (κ1) is 16.8. The van der Waals surface area contributed by atoms with Crippen LogP contribution in [0.15, 0.2) is 18.2 Å². The van der Waals surface area contributed by atoms with Gasteiger partial charge < -0.3 is 9.64 Å². The molecule has 24 heavy (non-hydrogen) atoms.